The molecule has 0 aliphatic rings. The zero-order chi connectivity index (χ0) is 20.3. The molecule has 1 unspecified atom stereocenters. The van der Waals surface area contributed by atoms with E-state index in [2.05, 4.69) is 5.32 Å². The molecule has 7 heteroatoms. The van der Waals surface area contributed by atoms with Crippen molar-refractivity contribution in [1.82, 2.24) is 0 Å². The molecule has 3 aromatic rings. The zero-order valence-corrected chi connectivity index (χ0v) is 17.3. The number of amides is 1. The number of nitrogens with one attached hydrogen (secondary N) is 1. The number of benzene rings is 2. The normalized spacial score (nSPS) is 11.9. The number of carbonyl (C=O) groups is 2. The number of fused-ring (bicyclic) bond motifs is 1. The highest BCUT2D eigenvalue weighted by atomic mass is 35.5. The van der Waals surface area contributed by atoms with Crippen molar-refractivity contribution < 1.29 is 19.1 Å². The lowest BCUT2D eigenvalue weighted by molar-refractivity contribution is -0.119. The van der Waals surface area contributed by atoms with Gasteiger partial charge in [-0.3, -0.25) is 4.79 Å². The van der Waals surface area contributed by atoms with Crippen molar-refractivity contribution in [3.05, 3.63) is 57.2 Å². The third-order valence-corrected chi connectivity index (χ3v) is 5.77. The van der Waals surface area contributed by atoms with Gasteiger partial charge in [0.25, 0.3) is 0 Å². The lowest BCUT2D eigenvalue weighted by atomic mass is 9.97. The number of anilines is 1. The Bertz CT molecular complexity index is 1030. The van der Waals surface area contributed by atoms with E-state index in [0.717, 1.165) is 16.3 Å². The molecular formula is C21H20ClNO4S. The van der Waals surface area contributed by atoms with E-state index in [1.807, 2.05) is 37.3 Å². The zero-order valence-electron chi connectivity index (χ0n) is 15.7. The number of methoxy groups -OCH3 is 2. The van der Waals surface area contributed by atoms with Gasteiger partial charge < -0.3 is 14.8 Å². The Kier molecular flexibility index (Phi) is 6.21. The molecule has 2 aromatic carbocycles. The van der Waals surface area contributed by atoms with E-state index in [1.165, 1.54) is 18.4 Å². The predicted molar refractivity (Wildman–Crippen MR) is 113 cm³/mol. The van der Waals surface area contributed by atoms with E-state index in [0.29, 0.717) is 27.8 Å². The molecule has 1 amide bonds. The molecule has 0 aliphatic heterocycles. The molecule has 0 spiro atoms. The second kappa shape index (κ2) is 8.63. The number of carbonyl (C=O) groups excluding carboxylic acids is 2. The van der Waals surface area contributed by atoms with Crippen LogP contribution in [0.3, 0.4) is 0 Å². The summed E-state index contributed by atoms with van der Waals surface area (Å²) in [6.07, 6.45) is 0.559. The van der Waals surface area contributed by atoms with Gasteiger partial charge in [-0.1, -0.05) is 42.8 Å². The number of esters is 1. The summed E-state index contributed by atoms with van der Waals surface area (Å²) in [6, 6.07) is 11.4. The van der Waals surface area contributed by atoms with Crippen LogP contribution in [0.15, 0.2) is 41.8 Å². The molecule has 0 bridgehead atoms. The second-order valence-corrected chi connectivity index (χ2v) is 7.68. The maximum atomic E-state index is 12.6. The van der Waals surface area contributed by atoms with Gasteiger partial charge in [-0.05, 0) is 34.9 Å². The molecule has 5 nitrogen and oxygen atoms in total. The Morgan fingerprint density at radius 2 is 1.96 bits per heavy atom. The van der Waals surface area contributed by atoms with Crippen LogP contribution in [-0.2, 0) is 16.0 Å². The minimum atomic E-state index is -0.459. The molecule has 1 N–H and O–H groups in total. The van der Waals surface area contributed by atoms with Crippen LogP contribution < -0.4 is 10.1 Å². The number of thiophene rings is 1. The molecular weight excluding hydrogens is 398 g/mol. The third kappa shape index (κ3) is 4.13. The van der Waals surface area contributed by atoms with Crippen LogP contribution in [0.5, 0.6) is 5.75 Å². The van der Waals surface area contributed by atoms with Crippen molar-refractivity contribution in [2.75, 3.05) is 19.5 Å². The summed E-state index contributed by atoms with van der Waals surface area (Å²) in [7, 11) is 2.90. The van der Waals surface area contributed by atoms with Crippen LogP contribution >= 0.6 is 22.9 Å². The summed E-state index contributed by atoms with van der Waals surface area (Å²) in [6.45, 7) is 1.85. The average molecular weight is 418 g/mol. The molecule has 1 heterocycles. The molecule has 0 aliphatic carbocycles. The number of ether oxygens (including phenoxy) is 2. The van der Waals surface area contributed by atoms with Gasteiger partial charge in [-0.25, -0.2) is 4.79 Å². The topological polar surface area (TPSA) is 64.6 Å². The Morgan fingerprint density at radius 1 is 1.18 bits per heavy atom. The van der Waals surface area contributed by atoms with Gasteiger partial charge in [0.1, 0.15) is 10.6 Å². The van der Waals surface area contributed by atoms with Gasteiger partial charge >= 0.3 is 5.97 Å². The van der Waals surface area contributed by atoms with E-state index in [9.17, 15) is 9.59 Å². The molecule has 1 aromatic heterocycles. The monoisotopic (exact) mass is 417 g/mol. The highest BCUT2D eigenvalue weighted by Crippen LogP contribution is 2.33. The minimum absolute atomic E-state index is 0.156. The lowest BCUT2D eigenvalue weighted by Gasteiger charge is -2.13. The smallest absolute Gasteiger partial charge is 0.350 e. The van der Waals surface area contributed by atoms with Crippen LogP contribution in [0.1, 0.15) is 22.2 Å². The van der Waals surface area contributed by atoms with Crippen molar-refractivity contribution in [3.63, 3.8) is 0 Å². The maximum Gasteiger partial charge on any atom is 0.350 e. The molecule has 0 fully saturated rings. The standard InChI is InChI=1S/C21H20ClNO4S/c1-12(20(24)23-16-8-9-28-19(16)21(25)27-3)10-13-4-6-15-14(11-13)5-7-17(26-2)18(15)22/h4-9,11-12H,10H2,1-3H3,(H,23,24). The van der Waals surface area contributed by atoms with Crippen LogP contribution in [0.25, 0.3) is 10.8 Å². The van der Waals surface area contributed by atoms with E-state index >= 15 is 0 Å². The summed E-state index contributed by atoms with van der Waals surface area (Å²) in [5, 5.41) is 7.03. The first kappa shape index (κ1) is 20.2. The Balaban J connectivity index is 1.74. The lowest BCUT2D eigenvalue weighted by Crippen LogP contribution is -2.23. The van der Waals surface area contributed by atoms with Gasteiger partial charge in [-0.15, -0.1) is 11.3 Å². The van der Waals surface area contributed by atoms with Gasteiger partial charge in [0, 0.05) is 11.3 Å². The Labute approximate surface area is 172 Å². The molecule has 28 heavy (non-hydrogen) atoms. The SMILES string of the molecule is COC(=O)c1sccc1NC(=O)C(C)Cc1ccc2c(Cl)c(OC)ccc2c1. The predicted octanol–water partition coefficient (Wildman–Crippen LogP) is 5.17. The Hall–Kier alpha value is -2.57. The van der Waals surface area contributed by atoms with Gasteiger partial charge in [0.05, 0.1) is 24.9 Å². The van der Waals surface area contributed by atoms with Crippen molar-refractivity contribution in [1.29, 1.82) is 0 Å². The summed E-state index contributed by atoms with van der Waals surface area (Å²) in [4.78, 5) is 24.7. The third-order valence-electron chi connectivity index (χ3n) is 4.49. The van der Waals surface area contributed by atoms with Crippen LogP contribution in [-0.4, -0.2) is 26.1 Å². The Morgan fingerprint density at radius 3 is 2.68 bits per heavy atom. The largest absolute Gasteiger partial charge is 0.495 e. The van der Waals surface area contributed by atoms with E-state index in [-0.39, 0.29) is 11.8 Å². The highest BCUT2D eigenvalue weighted by molar-refractivity contribution is 7.12. The van der Waals surface area contributed by atoms with Crippen molar-refractivity contribution in [2.24, 2.45) is 5.92 Å². The molecule has 0 radical (unpaired) electrons. The second-order valence-electron chi connectivity index (χ2n) is 6.39. The van der Waals surface area contributed by atoms with E-state index in [1.54, 1.807) is 18.6 Å². The number of hydrogen-bond acceptors (Lipinski definition) is 5. The first-order chi connectivity index (χ1) is 13.4. The van der Waals surface area contributed by atoms with Crippen molar-refractivity contribution in [3.8, 4) is 5.75 Å². The van der Waals surface area contributed by atoms with Gasteiger partial charge in [-0.2, -0.15) is 0 Å². The van der Waals surface area contributed by atoms with E-state index < -0.39 is 5.97 Å². The highest BCUT2D eigenvalue weighted by Gasteiger charge is 2.19. The average Bonchev–Trinajstić information content (AvgIpc) is 3.15. The first-order valence-corrected chi connectivity index (χ1v) is 9.92. The number of rotatable bonds is 6. The van der Waals surface area contributed by atoms with Crippen LogP contribution in [0, 0.1) is 5.92 Å². The van der Waals surface area contributed by atoms with E-state index in [4.69, 9.17) is 21.1 Å². The summed E-state index contributed by atoms with van der Waals surface area (Å²) in [5.41, 5.74) is 1.50. The van der Waals surface area contributed by atoms with Crippen LogP contribution in [0.2, 0.25) is 5.02 Å². The van der Waals surface area contributed by atoms with Crippen LogP contribution in [0.4, 0.5) is 5.69 Å². The molecule has 146 valence electrons. The molecule has 0 saturated carbocycles. The van der Waals surface area contributed by atoms with Gasteiger partial charge in [0.15, 0.2) is 0 Å². The fourth-order valence-electron chi connectivity index (χ4n) is 2.97. The minimum Gasteiger partial charge on any atom is -0.495 e. The molecule has 1 atom stereocenters. The summed E-state index contributed by atoms with van der Waals surface area (Å²) in [5.74, 6) is -0.264. The van der Waals surface area contributed by atoms with Crippen molar-refractivity contribution >= 4 is 51.3 Å². The summed E-state index contributed by atoms with van der Waals surface area (Å²) >= 11 is 7.59. The molecule has 0 saturated heterocycles. The fourth-order valence-corrected chi connectivity index (χ4v) is 4.04. The molecule has 3 rings (SSSR count). The summed E-state index contributed by atoms with van der Waals surface area (Å²) < 4.78 is 9.99. The maximum absolute atomic E-state index is 12.6. The first-order valence-electron chi connectivity index (χ1n) is 8.66. The number of hydrogen-bond donors (Lipinski definition) is 1. The quantitative estimate of drug-likeness (QED) is 0.562. The fraction of sp³-hybridized carbons (Fsp3) is 0.238. The number of halogens is 1. The van der Waals surface area contributed by atoms with Crippen molar-refractivity contribution in [2.45, 2.75) is 13.3 Å². The van der Waals surface area contributed by atoms with Gasteiger partial charge in [0.2, 0.25) is 5.91 Å².